The summed E-state index contributed by atoms with van der Waals surface area (Å²) in [4.78, 5) is 49.6. The number of methoxy groups -OCH3 is 1. The van der Waals surface area contributed by atoms with E-state index < -0.39 is 29.8 Å². The van der Waals surface area contributed by atoms with E-state index in [1.54, 1.807) is 31.4 Å². The molecule has 56 heavy (non-hydrogen) atoms. The lowest BCUT2D eigenvalue weighted by atomic mass is 10.0. The number of hydroxylamine groups is 1. The molecule has 2 aromatic heterocycles. The third-order valence-corrected chi connectivity index (χ3v) is 10.6. The number of allylic oxidation sites excluding steroid dienone is 12. The smallest absolute Gasteiger partial charge is 0.343 e. The van der Waals surface area contributed by atoms with Gasteiger partial charge in [0.05, 0.1) is 31.7 Å². The summed E-state index contributed by atoms with van der Waals surface area (Å²) in [5, 5.41) is 3.02. The third kappa shape index (κ3) is 9.48. The van der Waals surface area contributed by atoms with Crippen LogP contribution in [0.25, 0.3) is 26.4 Å². The third-order valence-electron chi connectivity index (χ3n) is 9.29. The van der Waals surface area contributed by atoms with Crippen molar-refractivity contribution in [3.63, 3.8) is 0 Å². The zero-order valence-electron chi connectivity index (χ0n) is 32.2. The fourth-order valence-corrected chi connectivity index (χ4v) is 7.96. The van der Waals surface area contributed by atoms with Gasteiger partial charge in [-0.1, -0.05) is 92.8 Å². The minimum absolute atomic E-state index is 0.136. The van der Waals surface area contributed by atoms with Crippen LogP contribution in [0.1, 0.15) is 43.9 Å². The summed E-state index contributed by atoms with van der Waals surface area (Å²) < 4.78 is 37.6. The molecule has 0 aliphatic heterocycles. The number of halogens is 2. The highest BCUT2D eigenvalue weighted by Crippen LogP contribution is 2.40. The van der Waals surface area contributed by atoms with Crippen molar-refractivity contribution in [2.24, 2.45) is 0 Å². The SMILES string of the molecule is CC.COCC(c1ccccc1)N(C)Cc1c(-c2ccc(NC(=O)NOC)cc2)sc2c1c(=O)n(C1=CC=CC=CC1)c(=O)n2CC1=C(CF)C=CC=C(F)C1. The molecule has 10 nitrogen and oxygen atoms in total. The maximum atomic E-state index is 14.9. The number of hydrogen-bond donors (Lipinski definition) is 2. The van der Waals surface area contributed by atoms with Gasteiger partial charge in [-0.2, -0.15) is 0 Å². The summed E-state index contributed by atoms with van der Waals surface area (Å²) in [6.45, 7) is 3.66. The Bertz CT molecular complexity index is 2320. The van der Waals surface area contributed by atoms with Gasteiger partial charge in [-0.25, -0.2) is 28.4 Å². The van der Waals surface area contributed by atoms with E-state index in [4.69, 9.17) is 9.57 Å². The number of carbonyl (C=O) groups is 1. The van der Waals surface area contributed by atoms with Gasteiger partial charge in [-0.05, 0) is 59.2 Å². The van der Waals surface area contributed by atoms with Crippen molar-refractivity contribution in [1.82, 2.24) is 19.5 Å². The number of likely N-dealkylation sites (N-methyl/N-ethyl adjacent to an activating group) is 1. The Kier molecular flexibility index (Phi) is 14.8. The van der Waals surface area contributed by atoms with Crippen LogP contribution in [0.5, 0.6) is 0 Å². The first-order chi connectivity index (χ1) is 27.2. The maximum absolute atomic E-state index is 14.9. The molecule has 0 fully saturated rings. The molecule has 0 radical (unpaired) electrons. The number of nitrogens with one attached hydrogen (secondary N) is 2. The van der Waals surface area contributed by atoms with Gasteiger partial charge in [0, 0.05) is 42.8 Å². The van der Waals surface area contributed by atoms with E-state index >= 15 is 0 Å². The normalized spacial score (nSPS) is 14.5. The molecule has 0 saturated heterocycles. The number of carbonyl (C=O) groups excluding carboxylic acids is 1. The van der Waals surface area contributed by atoms with Crippen LogP contribution in [0.2, 0.25) is 0 Å². The number of nitrogens with zero attached hydrogens (tertiary/aromatic N) is 3. The Hall–Kier alpha value is -5.47. The summed E-state index contributed by atoms with van der Waals surface area (Å²) in [5.74, 6) is -0.462. The summed E-state index contributed by atoms with van der Waals surface area (Å²) in [7, 11) is 4.92. The number of thiophene rings is 1. The van der Waals surface area contributed by atoms with Crippen LogP contribution in [0, 0.1) is 0 Å². The standard InChI is InChI=1S/C41H41F2N5O5S.C2H6/c1-46(35(26-52-2)27-12-7-6-8-13-27)25-34-36-38(49)48(33-16-9-4-5-10-17-33)41(51)47(24-30-22-31(43)15-11-14-29(30)23-42)39(36)54-37(34)28-18-20-32(21-19-28)44-40(50)45-53-3;1-2/h4-16,18-21,35H,17,22-26H2,1-3H3,(H2,44,45,50);1-2H3. The first-order valence-electron chi connectivity index (χ1n) is 18.3. The fourth-order valence-electron chi connectivity index (χ4n) is 6.65. The number of hydrogen-bond acceptors (Lipinski definition) is 7. The number of aromatic nitrogens is 2. The minimum atomic E-state index is -0.847. The van der Waals surface area contributed by atoms with E-state index in [2.05, 4.69) is 15.7 Å². The molecule has 294 valence electrons. The van der Waals surface area contributed by atoms with E-state index in [1.807, 2.05) is 81.6 Å². The second-order valence-electron chi connectivity index (χ2n) is 12.8. The van der Waals surface area contributed by atoms with Gasteiger partial charge in [0.25, 0.3) is 5.56 Å². The number of anilines is 1. The highest BCUT2D eigenvalue weighted by atomic mass is 32.1. The monoisotopic (exact) mass is 783 g/mol. The number of fused-ring (bicyclic) bond motifs is 1. The van der Waals surface area contributed by atoms with Gasteiger partial charge in [0.15, 0.2) is 0 Å². The van der Waals surface area contributed by atoms with Crippen molar-refractivity contribution in [2.45, 2.75) is 45.8 Å². The number of urea groups is 1. The van der Waals surface area contributed by atoms with Crippen LogP contribution in [0.15, 0.2) is 130 Å². The Morgan fingerprint density at radius 3 is 2.45 bits per heavy atom. The number of ether oxygens (including phenoxy) is 1. The van der Waals surface area contributed by atoms with E-state index in [9.17, 15) is 23.2 Å². The molecule has 2 N–H and O–H groups in total. The topological polar surface area (TPSA) is 107 Å². The van der Waals surface area contributed by atoms with E-state index in [0.717, 1.165) is 16.0 Å². The molecule has 1 atom stereocenters. The number of amides is 2. The second kappa shape index (κ2) is 19.9. The molecule has 0 saturated carbocycles. The van der Waals surface area contributed by atoms with E-state index in [0.29, 0.717) is 45.8 Å². The molecule has 0 bridgehead atoms. The Morgan fingerprint density at radius 1 is 1.00 bits per heavy atom. The number of alkyl halides is 1. The lowest BCUT2D eigenvalue weighted by Gasteiger charge is -2.28. The summed E-state index contributed by atoms with van der Waals surface area (Å²) >= 11 is 1.27. The minimum Gasteiger partial charge on any atom is -0.383 e. The quantitative estimate of drug-likeness (QED) is 0.131. The molecule has 4 aromatic rings. The molecular weight excluding hydrogens is 737 g/mol. The zero-order chi connectivity index (χ0) is 40.2. The molecule has 13 heteroatoms. The maximum Gasteiger partial charge on any atom is 0.343 e. The van der Waals surface area contributed by atoms with Gasteiger partial charge in [-0.3, -0.25) is 19.1 Å². The Morgan fingerprint density at radius 2 is 1.75 bits per heavy atom. The fraction of sp³-hybridized carbons (Fsp3) is 0.279. The highest BCUT2D eigenvalue weighted by molar-refractivity contribution is 7.22. The van der Waals surface area contributed by atoms with E-state index in [1.165, 1.54) is 45.8 Å². The van der Waals surface area contributed by atoms with Crippen LogP contribution in [0.4, 0.5) is 19.3 Å². The number of benzene rings is 2. The van der Waals surface area contributed by atoms with Crippen molar-refractivity contribution in [3.8, 4) is 10.4 Å². The lowest BCUT2D eigenvalue weighted by Crippen LogP contribution is -2.40. The van der Waals surface area contributed by atoms with Crippen molar-refractivity contribution in [2.75, 3.05) is 39.9 Å². The summed E-state index contributed by atoms with van der Waals surface area (Å²) in [6, 6.07) is 16.3. The van der Waals surface area contributed by atoms with Gasteiger partial charge in [0.1, 0.15) is 17.3 Å². The second-order valence-corrected chi connectivity index (χ2v) is 13.8. The molecule has 2 aromatic carbocycles. The van der Waals surface area contributed by atoms with Crippen molar-refractivity contribution in [1.29, 1.82) is 0 Å². The molecule has 0 spiro atoms. The molecule has 2 amide bonds. The summed E-state index contributed by atoms with van der Waals surface area (Å²) in [5.41, 5.74) is 5.19. The molecule has 2 heterocycles. The van der Waals surface area contributed by atoms with Crippen molar-refractivity contribution >= 4 is 39.0 Å². The molecule has 2 aliphatic carbocycles. The van der Waals surface area contributed by atoms with Gasteiger partial charge in [-0.15, -0.1) is 11.3 Å². The van der Waals surface area contributed by atoms with Gasteiger partial charge < -0.3 is 10.1 Å². The Labute approximate surface area is 329 Å². The first-order valence-corrected chi connectivity index (χ1v) is 19.1. The van der Waals surface area contributed by atoms with Crippen LogP contribution < -0.4 is 22.0 Å². The lowest BCUT2D eigenvalue weighted by molar-refractivity contribution is 0.103. The molecule has 6 rings (SSSR count). The zero-order valence-corrected chi connectivity index (χ0v) is 33.0. The van der Waals surface area contributed by atoms with Gasteiger partial charge in [0.2, 0.25) is 0 Å². The van der Waals surface area contributed by atoms with Crippen LogP contribution >= 0.6 is 11.3 Å². The van der Waals surface area contributed by atoms with Crippen LogP contribution in [-0.2, 0) is 22.7 Å². The average Bonchev–Trinajstić information content (AvgIpc) is 3.32. The first kappa shape index (κ1) is 41.7. The Balaban J connectivity index is 0.00000295. The van der Waals surface area contributed by atoms with Crippen molar-refractivity contribution in [3.05, 3.63) is 152 Å². The molecular formula is C43H47F2N5O5S. The van der Waals surface area contributed by atoms with Crippen LogP contribution in [0.3, 0.4) is 0 Å². The van der Waals surface area contributed by atoms with Gasteiger partial charge >= 0.3 is 11.7 Å². The predicted molar refractivity (Wildman–Crippen MR) is 222 cm³/mol. The molecule has 2 aliphatic rings. The summed E-state index contributed by atoms with van der Waals surface area (Å²) in [6.07, 6.45) is 13.4. The largest absolute Gasteiger partial charge is 0.383 e. The number of rotatable bonds is 13. The van der Waals surface area contributed by atoms with Crippen molar-refractivity contribution < 1.29 is 23.1 Å². The van der Waals surface area contributed by atoms with E-state index in [-0.39, 0.29) is 31.1 Å². The van der Waals surface area contributed by atoms with Crippen LogP contribution in [-0.4, -0.2) is 54.6 Å². The average molecular weight is 784 g/mol. The molecule has 1 unspecified atom stereocenters. The predicted octanol–water partition coefficient (Wildman–Crippen LogP) is 8.86. The highest BCUT2D eigenvalue weighted by Gasteiger charge is 2.28.